The Kier molecular flexibility index (Phi) is 8.19. The first-order chi connectivity index (χ1) is 17.3. The number of nitrogens with one attached hydrogen (secondary N) is 1. The highest BCUT2D eigenvalue weighted by molar-refractivity contribution is 7.09. The third-order valence-corrected chi connectivity index (χ3v) is 7.60. The summed E-state index contributed by atoms with van der Waals surface area (Å²) >= 11 is 1.31. The van der Waals surface area contributed by atoms with Crippen molar-refractivity contribution in [2.75, 3.05) is 19.6 Å². The van der Waals surface area contributed by atoms with E-state index < -0.39 is 23.7 Å². The van der Waals surface area contributed by atoms with Gasteiger partial charge in [0.1, 0.15) is 22.7 Å². The maximum Gasteiger partial charge on any atom is 0.258 e. The van der Waals surface area contributed by atoms with Gasteiger partial charge in [-0.2, -0.15) is 0 Å². The fourth-order valence-corrected chi connectivity index (χ4v) is 5.56. The molecular weight excluding hydrogens is 480 g/mol. The summed E-state index contributed by atoms with van der Waals surface area (Å²) < 4.78 is 0. The fourth-order valence-electron chi connectivity index (χ4n) is 4.88. The van der Waals surface area contributed by atoms with E-state index in [9.17, 15) is 14.7 Å². The number of fused-ring (bicyclic) bond motifs is 1. The molecule has 1 aromatic carbocycles. The number of nitrogens with two attached hydrogens (primary N) is 3. The molecule has 0 saturated carbocycles. The first-order valence-electron chi connectivity index (χ1n) is 12.1. The number of thiazole rings is 1. The summed E-state index contributed by atoms with van der Waals surface area (Å²) in [5.74, 6) is -0.580. The highest BCUT2D eigenvalue weighted by atomic mass is 32.1. The van der Waals surface area contributed by atoms with Gasteiger partial charge in [0.2, 0.25) is 5.91 Å². The molecule has 0 spiro atoms. The second-order valence-electron chi connectivity index (χ2n) is 9.36. The van der Waals surface area contributed by atoms with E-state index >= 15 is 0 Å². The molecule has 2 aromatic rings. The van der Waals surface area contributed by atoms with E-state index in [1.54, 1.807) is 11.6 Å². The molecule has 0 unspecified atom stereocenters. The number of hydrazine groups is 1. The molecule has 0 bridgehead atoms. The molecule has 2 aliphatic heterocycles. The summed E-state index contributed by atoms with van der Waals surface area (Å²) in [7, 11) is 0. The van der Waals surface area contributed by atoms with Crippen molar-refractivity contribution in [2.45, 2.75) is 55.8 Å². The number of hydrogen-bond acceptors (Lipinski definition) is 8. The number of carbonyl (C=O) groups is 2. The second-order valence-corrected chi connectivity index (χ2v) is 10.3. The Morgan fingerprint density at radius 2 is 2.08 bits per heavy atom. The van der Waals surface area contributed by atoms with Crippen LogP contribution in [0.5, 0.6) is 0 Å². The number of carbonyl (C=O) groups excluding carboxylic acids is 2. The highest BCUT2D eigenvalue weighted by Gasteiger charge is 2.51. The lowest BCUT2D eigenvalue weighted by atomic mass is 9.85. The van der Waals surface area contributed by atoms with E-state index in [-0.39, 0.29) is 17.8 Å². The van der Waals surface area contributed by atoms with E-state index in [4.69, 9.17) is 17.2 Å². The molecule has 2 aliphatic rings. The number of amides is 2. The van der Waals surface area contributed by atoms with Crippen LogP contribution < -0.4 is 22.5 Å². The SMILES string of the molecule is NC(N)=NCCC[C@H](NC(=O)[C@@H]1CCN2CC[C@@](N)(Cc3ccccc3)C(=O)N12)[C@H](O)c1nccs1. The van der Waals surface area contributed by atoms with Crippen LogP contribution in [0, 0.1) is 0 Å². The van der Waals surface area contributed by atoms with Crippen LogP contribution in [-0.4, -0.2) is 75.1 Å². The molecule has 194 valence electrons. The Balaban J connectivity index is 1.47. The Morgan fingerprint density at radius 3 is 2.78 bits per heavy atom. The smallest absolute Gasteiger partial charge is 0.258 e. The van der Waals surface area contributed by atoms with Gasteiger partial charge in [0.25, 0.3) is 5.91 Å². The van der Waals surface area contributed by atoms with Gasteiger partial charge in [-0.1, -0.05) is 30.3 Å². The third-order valence-electron chi connectivity index (χ3n) is 6.76. The number of benzene rings is 1. The summed E-state index contributed by atoms with van der Waals surface area (Å²) in [5, 5.41) is 19.6. The van der Waals surface area contributed by atoms with E-state index in [1.807, 2.05) is 35.3 Å². The van der Waals surface area contributed by atoms with Gasteiger partial charge < -0.3 is 27.6 Å². The molecule has 3 heterocycles. The molecule has 11 nitrogen and oxygen atoms in total. The normalized spacial score (nSPS) is 23.7. The number of guanidine groups is 1. The third kappa shape index (κ3) is 5.84. The minimum atomic E-state index is -1.08. The van der Waals surface area contributed by atoms with Crippen molar-refractivity contribution in [3.8, 4) is 0 Å². The largest absolute Gasteiger partial charge is 0.384 e. The molecule has 2 fully saturated rings. The highest BCUT2D eigenvalue weighted by Crippen LogP contribution is 2.31. The molecule has 0 radical (unpaired) electrons. The quantitative estimate of drug-likeness (QED) is 0.165. The van der Waals surface area contributed by atoms with Crippen LogP contribution in [0.4, 0.5) is 0 Å². The van der Waals surface area contributed by atoms with Gasteiger partial charge in [-0.15, -0.1) is 11.3 Å². The first kappa shape index (κ1) is 26.0. The van der Waals surface area contributed by atoms with Crippen LogP contribution in [0.15, 0.2) is 46.9 Å². The molecule has 4 rings (SSSR count). The topological polar surface area (TPSA) is 176 Å². The number of rotatable bonds is 10. The minimum Gasteiger partial charge on any atom is -0.384 e. The van der Waals surface area contributed by atoms with E-state index in [0.29, 0.717) is 56.7 Å². The van der Waals surface area contributed by atoms with Crippen molar-refractivity contribution in [2.24, 2.45) is 22.2 Å². The minimum absolute atomic E-state index is 0.00788. The molecule has 12 heteroatoms. The molecule has 4 atom stereocenters. The number of aliphatic hydroxyl groups excluding tert-OH is 1. The van der Waals surface area contributed by atoms with Crippen molar-refractivity contribution >= 4 is 29.1 Å². The van der Waals surface area contributed by atoms with E-state index in [0.717, 1.165) is 5.56 Å². The Labute approximate surface area is 214 Å². The van der Waals surface area contributed by atoms with Crippen molar-refractivity contribution in [3.63, 3.8) is 0 Å². The average Bonchev–Trinajstić information content (AvgIpc) is 3.54. The number of hydrogen-bond donors (Lipinski definition) is 5. The van der Waals surface area contributed by atoms with Crippen molar-refractivity contribution in [3.05, 3.63) is 52.5 Å². The predicted molar refractivity (Wildman–Crippen MR) is 137 cm³/mol. The molecular formula is C24H34N8O3S. The first-order valence-corrected chi connectivity index (χ1v) is 13.0. The summed E-state index contributed by atoms with van der Waals surface area (Å²) in [5.41, 5.74) is 17.3. The molecule has 0 aliphatic carbocycles. The van der Waals surface area contributed by atoms with Crippen LogP contribution in [0.1, 0.15) is 42.4 Å². The van der Waals surface area contributed by atoms with Gasteiger partial charge in [0.15, 0.2) is 5.96 Å². The molecule has 2 amide bonds. The molecule has 8 N–H and O–H groups in total. The van der Waals surface area contributed by atoms with Crippen LogP contribution in [0.25, 0.3) is 0 Å². The fraction of sp³-hybridized carbons (Fsp3) is 0.500. The monoisotopic (exact) mass is 514 g/mol. The standard InChI is InChI=1S/C24H34N8O3S/c25-23(26)29-10-4-7-17(19(33)21-28-11-14-36-21)30-20(34)18-8-12-31-13-9-24(27,22(35)32(18)31)15-16-5-2-1-3-6-16/h1-3,5-6,11,14,17-19,33H,4,7-10,12-13,15,27H2,(H,30,34)(H4,25,26,29)/t17-,18-,19-,24+/m0/s1. The number of nitrogens with zero attached hydrogens (tertiary/aromatic N) is 4. The maximum absolute atomic E-state index is 13.6. The summed E-state index contributed by atoms with van der Waals surface area (Å²) in [6, 6.07) is 8.37. The van der Waals surface area contributed by atoms with Crippen LogP contribution in [0.2, 0.25) is 0 Å². The van der Waals surface area contributed by atoms with Gasteiger partial charge >= 0.3 is 0 Å². The number of aliphatic imine (C=N–C) groups is 1. The van der Waals surface area contributed by atoms with Crippen molar-refractivity contribution in [1.29, 1.82) is 0 Å². The number of aromatic nitrogens is 1. The van der Waals surface area contributed by atoms with Gasteiger partial charge in [0, 0.05) is 31.2 Å². The summed E-state index contributed by atoms with van der Waals surface area (Å²) in [4.78, 5) is 35.3. The zero-order valence-electron chi connectivity index (χ0n) is 20.1. The van der Waals surface area contributed by atoms with E-state index in [2.05, 4.69) is 15.3 Å². The van der Waals surface area contributed by atoms with Crippen LogP contribution >= 0.6 is 11.3 Å². The lowest BCUT2D eigenvalue weighted by molar-refractivity contribution is -0.165. The summed E-state index contributed by atoms with van der Waals surface area (Å²) in [6.07, 6.45) is 3.01. The lowest BCUT2D eigenvalue weighted by Crippen LogP contribution is -2.67. The van der Waals surface area contributed by atoms with Gasteiger partial charge in [0.05, 0.1) is 6.04 Å². The number of aliphatic hydroxyl groups is 1. The summed E-state index contributed by atoms with van der Waals surface area (Å²) in [6.45, 7) is 1.56. The Morgan fingerprint density at radius 1 is 1.31 bits per heavy atom. The lowest BCUT2D eigenvalue weighted by Gasteiger charge is -2.44. The van der Waals surface area contributed by atoms with Crippen molar-refractivity contribution in [1.82, 2.24) is 20.3 Å². The molecule has 36 heavy (non-hydrogen) atoms. The van der Waals surface area contributed by atoms with Crippen LogP contribution in [0.3, 0.4) is 0 Å². The molecule has 1 aromatic heterocycles. The Bertz CT molecular complexity index is 1060. The second kappa shape index (κ2) is 11.3. The van der Waals surface area contributed by atoms with Gasteiger partial charge in [-0.05, 0) is 37.7 Å². The Hall–Kier alpha value is -3.06. The zero-order valence-corrected chi connectivity index (χ0v) is 20.9. The zero-order chi connectivity index (χ0) is 25.7. The van der Waals surface area contributed by atoms with E-state index in [1.165, 1.54) is 16.3 Å². The predicted octanol–water partition coefficient (Wildman–Crippen LogP) is -0.123. The van der Waals surface area contributed by atoms with Crippen LogP contribution in [-0.2, 0) is 16.0 Å². The van der Waals surface area contributed by atoms with Crippen molar-refractivity contribution < 1.29 is 14.7 Å². The average molecular weight is 515 g/mol. The maximum atomic E-state index is 13.6. The van der Waals surface area contributed by atoms with Gasteiger partial charge in [-0.25, -0.2) is 9.99 Å². The molecule has 2 saturated heterocycles. The van der Waals surface area contributed by atoms with Gasteiger partial charge in [-0.3, -0.25) is 19.6 Å².